The summed E-state index contributed by atoms with van der Waals surface area (Å²) in [5, 5.41) is 8.91. The van der Waals surface area contributed by atoms with Gasteiger partial charge < -0.3 is 5.11 Å². The highest BCUT2D eigenvalue weighted by molar-refractivity contribution is 5.89. The van der Waals surface area contributed by atoms with Crippen LogP contribution in [0.5, 0.6) is 0 Å². The maximum absolute atomic E-state index is 10.8. The van der Waals surface area contributed by atoms with Gasteiger partial charge in [-0.15, -0.1) is 5.92 Å². The van der Waals surface area contributed by atoms with Crippen molar-refractivity contribution in [3.8, 4) is 11.8 Å². The lowest BCUT2D eigenvalue weighted by atomic mass is 10.0. The summed E-state index contributed by atoms with van der Waals surface area (Å²) >= 11 is 0. The lowest BCUT2D eigenvalue weighted by Gasteiger charge is -2.03. The summed E-state index contributed by atoms with van der Waals surface area (Å²) in [4.78, 5) is 10.8. The van der Waals surface area contributed by atoms with Crippen LogP contribution in [0.15, 0.2) is 18.2 Å². The second-order valence-electron chi connectivity index (χ2n) is 3.07. The lowest BCUT2D eigenvalue weighted by molar-refractivity contribution is 0.0696. The third-order valence-electron chi connectivity index (χ3n) is 1.95. The Balaban J connectivity index is 3.13. The summed E-state index contributed by atoms with van der Waals surface area (Å²) in [7, 11) is 0. The summed E-state index contributed by atoms with van der Waals surface area (Å²) in [6.07, 6.45) is 0.500. The molecule has 1 rings (SSSR count). The Kier molecular flexibility index (Phi) is 3.30. The molecule has 2 nitrogen and oxygen atoms in total. The standard InChI is InChI=1S/C12H12O2/c1-3-4-5-10-8-9(2)6-7-11(10)12(13)14/h6-8H,5H2,1-2H3,(H,13,14). The van der Waals surface area contributed by atoms with E-state index in [2.05, 4.69) is 11.8 Å². The van der Waals surface area contributed by atoms with Gasteiger partial charge in [0.15, 0.2) is 0 Å². The number of carboxylic acids is 1. The van der Waals surface area contributed by atoms with Crippen molar-refractivity contribution in [2.24, 2.45) is 0 Å². The van der Waals surface area contributed by atoms with Crippen LogP contribution in [0.3, 0.4) is 0 Å². The van der Waals surface area contributed by atoms with Crippen molar-refractivity contribution >= 4 is 5.97 Å². The number of aryl methyl sites for hydroxylation is 1. The van der Waals surface area contributed by atoms with Crippen molar-refractivity contribution in [1.29, 1.82) is 0 Å². The Labute approximate surface area is 83.6 Å². The molecule has 0 amide bonds. The summed E-state index contributed by atoms with van der Waals surface area (Å²) in [6.45, 7) is 3.69. The van der Waals surface area contributed by atoms with Gasteiger partial charge in [0.1, 0.15) is 0 Å². The third kappa shape index (κ3) is 2.37. The van der Waals surface area contributed by atoms with Gasteiger partial charge in [-0.1, -0.05) is 23.6 Å². The predicted octanol–water partition coefficient (Wildman–Crippen LogP) is 2.26. The molecule has 14 heavy (non-hydrogen) atoms. The largest absolute Gasteiger partial charge is 0.478 e. The first-order valence-electron chi connectivity index (χ1n) is 4.37. The molecular weight excluding hydrogens is 176 g/mol. The monoisotopic (exact) mass is 188 g/mol. The first-order valence-corrected chi connectivity index (χ1v) is 4.37. The van der Waals surface area contributed by atoms with Gasteiger partial charge in [0.05, 0.1) is 5.56 Å². The summed E-state index contributed by atoms with van der Waals surface area (Å²) in [6, 6.07) is 5.30. The van der Waals surface area contributed by atoms with Crippen molar-refractivity contribution in [3.63, 3.8) is 0 Å². The third-order valence-corrected chi connectivity index (χ3v) is 1.95. The molecule has 72 valence electrons. The first kappa shape index (κ1) is 10.3. The second kappa shape index (κ2) is 4.48. The Bertz CT molecular complexity index is 408. The highest BCUT2D eigenvalue weighted by Crippen LogP contribution is 2.12. The lowest BCUT2D eigenvalue weighted by Crippen LogP contribution is -2.02. The van der Waals surface area contributed by atoms with Crippen LogP contribution in [-0.2, 0) is 6.42 Å². The Hall–Kier alpha value is -1.75. The molecular formula is C12H12O2. The van der Waals surface area contributed by atoms with E-state index in [1.54, 1.807) is 19.1 Å². The van der Waals surface area contributed by atoms with E-state index in [0.717, 1.165) is 11.1 Å². The smallest absolute Gasteiger partial charge is 0.335 e. The normalized spacial score (nSPS) is 9.00. The van der Waals surface area contributed by atoms with Gasteiger partial charge in [-0.05, 0) is 25.5 Å². The van der Waals surface area contributed by atoms with Gasteiger partial charge in [-0.25, -0.2) is 4.79 Å². The number of aromatic carboxylic acids is 1. The van der Waals surface area contributed by atoms with Gasteiger partial charge in [-0.2, -0.15) is 0 Å². The van der Waals surface area contributed by atoms with Gasteiger partial charge in [-0.3, -0.25) is 0 Å². The maximum atomic E-state index is 10.8. The molecule has 0 aromatic heterocycles. The molecule has 0 spiro atoms. The zero-order valence-corrected chi connectivity index (χ0v) is 8.29. The predicted molar refractivity (Wildman–Crippen MR) is 55.3 cm³/mol. The van der Waals surface area contributed by atoms with Crippen LogP contribution in [0.4, 0.5) is 0 Å². The van der Waals surface area contributed by atoms with Gasteiger partial charge in [0, 0.05) is 6.42 Å². The van der Waals surface area contributed by atoms with Crippen molar-refractivity contribution in [2.45, 2.75) is 20.3 Å². The Morgan fingerprint density at radius 2 is 2.21 bits per heavy atom. The summed E-state index contributed by atoms with van der Waals surface area (Å²) < 4.78 is 0. The minimum atomic E-state index is -0.891. The molecule has 0 saturated carbocycles. The number of hydrogen-bond acceptors (Lipinski definition) is 1. The van der Waals surface area contributed by atoms with E-state index >= 15 is 0 Å². The molecule has 0 heterocycles. The molecule has 0 unspecified atom stereocenters. The highest BCUT2D eigenvalue weighted by atomic mass is 16.4. The highest BCUT2D eigenvalue weighted by Gasteiger charge is 2.08. The molecule has 0 aliphatic rings. The van der Waals surface area contributed by atoms with Crippen LogP contribution >= 0.6 is 0 Å². The van der Waals surface area contributed by atoms with E-state index in [0.29, 0.717) is 12.0 Å². The fraction of sp³-hybridized carbons (Fsp3) is 0.250. The van der Waals surface area contributed by atoms with Crippen LogP contribution in [0.1, 0.15) is 28.4 Å². The molecule has 0 bridgehead atoms. The molecule has 0 radical (unpaired) electrons. The molecule has 0 aliphatic heterocycles. The summed E-state index contributed by atoms with van der Waals surface area (Å²) in [5.74, 6) is 4.74. The quantitative estimate of drug-likeness (QED) is 0.723. The van der Waals surface area contributed by atoms with Gasteiger partial charge >= 0.3 is 5.97 Å². The van der Waals surface area contributed by atoms with Crippen molar-refractivity contribution in [1.82, 2.24) is 0 Å². The van der Waals surface area contributed by atoms with E-state index in [1.807, 2.05) is 13.0 Å². The zero-order chi connectivity index (χ0) is 10.6. The summed E-state index contributed by atoms with van der Waals surface area (Å²) in [5.41, 5.74) is 2.19. The molecule has 0 fully saturated rings. The van der Waals surface area contributed by atoms with Gasteiger partial charge in [0.25, 0.3) is 0 Å². The minimum Gasteiger partial charge on any atom is -0.478 e. The van der Waals surface area contributed by atoms with E-state index in [1.165, 1.54) is 0 Å². The van der Waals surface area contributed by atoms with Gasteiger partial charge in [0.2, 0.25) is 0 Å². The SMILES string of the molecule is CC#CCc1cc(C)ccc1C(=O)O. The minimum absolute atomic E-state index is 0.346. The average Bonchev–Trinajstić information content (AvgIpc) is 2.14. The molecule has 1 aromatic rings. The van der Waals surface area contributed by atoms with E-state index in [-0.39, 0.29) is 0 Å². The number of rotatable bonds is 2. The average molecular weight is 188 g/mol. The van der Waals surface area contributed by atoms with Crippen LogP contribution in [0.25, 0.3) is 0 Å². The molecule has 2 heteroatoms. The molecule has 0 aliphatic carbocycles. The van der Waals surface area contributed by atoms with Crippen molar-refractivity contribution in [2.75, 3.05) is 0 Å². The molecule has 0 saturated heterocycles. The Morgan fingerprint density at radius 3 is 2.79 bits per heavy atom. The fourth-order valence-electron chi connectivity index (χ4n) is 1.26. The first-order chi connectivity index (χ1) is 6.65. The van der Waals surface area contributed by atoms with E-state index < -0.39 is 5.97 Å². The Morgan fingerprint density at radius 1 is 1.50 bits per heavy atom. The van der Waals surface area contributed by atoms with Crippen LogP contribution in [0.2, 0.25) is 0 Å². The van der Waals surface area contributed by atoms with E-state index in [4.69, 9.17) is 5.11 Å². The second-order valence-corrected chi connectivity index (χ2v) is 3.07. The zero-order valence-electron chi connectivity index (χ0n) is 8.29. The number of benzene rings is 1. The van der Waals surface area contributed by atoms with Crippen LogP contribution in [-0.4, -0.2) is 11.1 Å². The maximum Gasteiger partial charge on any atom is 0.335 e. The van der Waals surface area contributed by atoms with Crippen LogP contribution in [0, 0.1) is 18.8 Å². The number of carbonyl (C=O) groups is 1. The van der Waals surface area contributed by atoms with Crippen molar-refractivity contribution in [3.05, 3.63) is 34.9 Å². The molecule has 0 atom stereocenters. The van der Waals surface area contributed by atoms with Crippen LogP contribution < -0.4 is 0 Å². The number of hydrogen-bond donors (Lipinski definition) is 1. The molecule has 1 N–H and O–H groups in total. The topological polar surface area (TPSA) is 37.3 Å². The van der Waals surface area contributed by atoms with E-state index in [9.17, 15) is 4.79 Å². The fourth-order valence-corrected chi connectivity index (χ4v) is 1.26. The molecule has 1 aromatic carbocycles. The number of carboxylic acid groups (broad SMARTS) is 1. The van der Waals surface area contributed by atoms with Crippen molar-refractivity contribution < 1.29 is 9.90 Å².